The van der Waals surface area contributed by atoms with E-state index in [2.05, 4.69) is 5.32 Å². The van der Waals surface area contributed by atoms with Gasteiger partial charge in [0.25, 0.3) is 5.91 Å². The Labute approximate surface area is 182 Å². The van der Waals surface area contributed by atoms with Crippen molar-refractivity contribution in [2.24, 2.45) is 0 Å². The first-order chi connectivity index (χ1) is 15.1. The Hall–Kier alpha value is -3.60. The van der Waals surface area contributed by atoms with Gasteiger partial charge >= 0.3 is 0 Å². The molecule has 0 bridgehead atoms. The van der Waals surface area contributed by atoms with Gasteiger partial charge in [-0.2, -0.15) is 0 Å². The number of ether oxygens (including phenoxy) is 1. The van der Waals surface area contributed by atoms with E-state index in [1.165, 1.54) is 0 Å². The fourth-order valence-corrected chi connectivity index (χ4v) is 4.01. The summed E-state index contributed by atoms with van der Waals surface area (Å²) in [5.74, 6) is 0.735. The molecule has 0 fully saturated rings. The highest BCUT2D eigenvalue weighted by Crippen LogP contribution is 2.30. The molecule has 0 aliphatic carbocycles. The molecule has 3 aromatic rings. The van der Waals surface area contributed by atoms with Crippen molar-refractivity contribution in [2.45, 2.75) is 25.8 Å². The molecule has 1 aliphatic rings. The van der Waals surface area contributed by atoms with Crippen molar-refractivity contribution in [3.63, 3.8) is 0 Å². The van der Waals surface area contributed by atoms with Crippen LogP contribution in [0.15, 0.2) is 72.8 Å². The number of carbonyl (C=O) groups is 2. The van der Waals surface area contributed by atoms with Crippen molar-refractivity contribution < 1.29 is 14.3 Å². The van der Waals surface area contributed by atoms with Gasteiger partial charge in [-0.1, -0.05) is 49.4 Å². The lowest BCUT2D eigenvalue weighted by atomic mass is 9.98. The van der Waals surface area contributed by atoms with Gasteiger partial charge in [0.15, 0.2) is 0 Å². The molecule has 0 aromatic heterocycles. The van der Waals surface area contributed by atoms with Gasteiger partial charge < -0.3 is 15.0 Å². The first-order valence-corrected chi connectivity index (χ1v) is 10.5. The zero-order chi connectivity index (χ0) is 21.8. The molecule has 31 heavy (non-hydrogen) atoms. The van der Waals surface area contributed by atoms with Crippen LogP contribution >= 0.6 is 0 Å². The normalized spacial score (nSPS) is 13.4. The number of methoxy groups -OCH3 is 1. The van der Waals surface area contributed by atoms with Crippen LogP contribution in [0.3, 0.4) is 0 Å². The summed E-state index contributed by atoms with van der Waals surface area (Å²) >= 11 is 0. The molecule has 1 heterocycles. The molecular formula is C26H26N2O3. The fraction of sp³-hybridized carbons (Fsp3) is 0.231. The minimum atomic E-state index is -0.286. The van der Waals surface area contributed by atoms with Gasteiger partial charge in [0.2, 0.25) is 5.91 Å². The molecule has 1 unspecified atom stereocenters. The van der Waals surface area contributed by atoms with Gasteiger partial charge in [-0.15, -0.1) is 0 Å². The average molecular weight is 415 g/mol. The standard InChI is InChI=1S/C26H26N2O3/c1-3-24(29)28-16-15-20-17-21(11-14-23(20)28)26(30)27-25(18-7-5-4-6-8-18)19-9-12-22(31-2)13-10-19/h4-14,17,25H,3,15-16H2,1-2H3,(H,27,30). The molecule has 1 atom stereocenters. The molecule has 158 valence electrons. The van der Waals surface area contributed by atoms with Crippen LogP contribution in [-0.2, 0) is 11.2 Å². The van der Waals surface area contributed by atoms with Crippen LogP contribution in [0.5, 0.6) is 5.75 Å². The molecule has 0 saturated heterocycles. The van der Waals surface area contributed by atoms with E-state index in [1.54, 1.807) is 18.1 Å². The number of rotatable bonds is 6. The van der Waals surface area contributed by atoms with E-state index in [1.807, 2.05) is 73.7 Å². The lowest BCUT2D eigenvalue weighted by Crippen LogP contribution is -2.29. The Morgan fingerprint density at radius 3 is 2.39 bits per heavy atom. The molecule has 1 N–H and O–H groups in total. The topological polar surface area (TPSA) is 58.6 Å². The largest absolute Gasteiger partial charge is 0.497 e. The maximum Gasteiger partial charge on any atom is 0.252 e. The fourth-order valence-electron chi connectivity index (χ4n) is 4.01. The van der Waals surface area contributed by atoms with Crippen molar-refractivity contribution in [1.29, 1.82) is 0 Å². The lowest BCUT2D eigenvalue weighted by Gasteiger charge is -2.21. The second-order valence-corrected chi connectivity index (χ2v) is 7.58. The Bertz CT molecular complexity index is 1080. The van der Waals surface area contributed by atoms with Gasteiger partial charge in [0.1, 0.15) is 5.75 Å². The van der Waals surface area contributed by atoms with E-state index < -0.39 is 0 Å². The van der Waals surface area contributed by atoms with Crippen molar-refractivity contribution in [3.05, 3.63) is 95.1 Å². The third-order valence-corrected chi connectivity index (χ3v) is 5.70. The number of carbonyl (C=O) groups excluding carboxylic acids is 2. The number of benzene rings is 3. The van der Waals surface area contributed by atoms with E-state index in [4.69, 9.17) is 4.74 Å². The number of nitrogens with one attached hydrogen (secondary N) is 1. The summed E-state index contributed by atoms with van der Waals surface area (Å²) in [6.45, 7) is 2.54. The molecule has 4 rings (SSSR count). The molecule has 1 aliphatic heterocycles. The maximum atomic E-state index is 13.2. The van der Waals surface area contributed by atoms with Gasteiger partial charge in [0, 0.05) is 24.2 Å². The quantitative estimate of drug-likeness (QED) is 0.645. The summed E-state index contributed by atoms with van der Waals surface area (Å²) < 4.78 is 5.27. The first-order valence-electron chi connectivity index (χ1n) is 10.5. The molecule has 2 amide bonds. The van der Waals surface area contributed by atoms with Crippen molar-refractivity contribution >= 4 is 17.5 Å². The van der Waals surface area contributed by atoms with Crippen molar-refractivity contribution in [3.8, 4) is 5.75 Å². The highest BCUT2D eigenvalue weighted by molar-refractivity contribution is 5.98. The van der Waals surface area contributed by atoms with Crippen LogP contribution in [0.25, 0.3) is 0 Å². The van der Waals surface area contributed by atoms with E-state index >= 15 is 0 Å². The van der Waals surface area contributed by atoms with Gasteiger partial charge in [-0.25, -0.2) is 0 Å². The Kier molecular flexibility index (Phi) is 6.03. The van der Waals surface area contributed by atoms with Crippen LogP contribution in [0.1, 0.15) is 46.4 Å². The van der Waals surface area contributed by atoms with E-state index in [0.717, 1.165) is 34.5 Å². The number of amides is 2. The summed E-state index contributed by atoms with van der Waals surface area (Å²) in [5, 5.41) is 3.18. The molecule has 3 aromatic carbocycles. The molecule has 5 nitrogen and oxygen atoms in total. The van der Waals surface area contributed by atoms with Gasteiger partial charge in [-0.3, -0.25) is 9.59 Å². The highest BCUT2D eigenvalue weighted by atomic mass is 16.5. The van der Waals surface area contributed by atoms with Crippen LogP contribution < -0.4 is 15.0 Å². The molecule has 5 heteroatoms. The Balaban J connectivity index is 1.60. The summed E-state index contributed by atoms with van der Waals surface area (Å²) in [6, 6.07) is 22.9. The summed E-state index contributed by atoms with van der Waals surface area (Å²) in [6.07, 6.45) is 1.24. The van der Waals surface area contributed by atoms with Gasteiger partial charge in [-0.05, 0) is 53.4 Å². The molecule has 0 radical (unpaired) electrons. The summed E-state index contributed by atoms with van der Waals surface area (Å²) in [5.41, 5.74) is 4.52. The smallest absolute Gasteiger partial charge is 0.252 e. The minimum absolute atomic E-state index is 0.111. The average Bonchev–Trinajstić information content (AvgIpc) is 3.26. The third kappa shape index (κ3) is 4.31. The predicted octanol–water partition coefficient (Wildman–Crippen LogP) is 4.51. The van der Waals surface area contributed by atoms with E-state index in [9.17, 15) is 9.59 Å². The summed E-state index contributed by atoms with van der Waals surface area (Å²) in [7, 11) is 1.63. The monoisotopic (exact) mass is 414 g/mol. The number of hydrogen-bond acceptors (Lipinski definition) is 3. The zero-order valence-electron chi connectivity index (χ0n) is 17.8. The molecular weight excluding hydrogens is 388 g/mol. The molecule has 0 saturated carbocycles. The number of fused-ring (bicyclic) bond motifs is 1. The molecule has 0 spiro atoms. The zero-order valence-corrected chi connectivity index (χ0v) is 17.8. The van der Waals surface area contributed by atoms with E-state index in [-0.39, 0.29) is 17.9 Å². The third-order valence-electron chi connectivity index (χ3n) is 5.70. The van der Waals surface area contributed by atoms with Gasteiger partial charge in [0.05, 0.1) is 13.2 Å². The Morgan fingerprint density at radius 1 is 1.00 bits per heavy atom. The van der Waals surface area contributed by atoms with Crippen molar-refractivity contribution in [2.75, 3.05) is 18.6 Å². The lowest BCUT2D eigenvalue weighted by molar-refractivity contribution is -0.118. The second kappa shape index (κ2) is 9.04. The summed E-state index contributed by atoms with van der Waals surface area (Å²) in [4.78, 5) is 27.1. The van der Waals surface area contributed by atoms with Crippen LogP contribution in [-0.4, -0.2) is 25.5 Å². The number of nitrogens with zero attached hydrogens (tertiary/aromatic N) is 1. The number of anilines is 1. The van der Waals surface area contributed by atoms with Crippen molar-refractivity contribution in [1.82, 2.24) is 5.32 Å². The van der Waals surface area contributed by atoms with Crippen LogP contribution in [0.4, 0.5) is 5.69 Å². The maximum absolute atomic E-state index is 13.2. The Morgan fingerprint density at radius 2 is 1.71 bits per heavy atom. The number of hydrogen-bond donors (Lipinski definition) is 1. The second-order valence-electron chi connectivity index (χ2n) is 7.58. The first kappa shape index (κ1) is 20.7. The van der Waals surface area contributed by atoms with Crippen LogP contribution in [0.2, 0.25) is 0 Å². The minimum Gasteiger partial charge on any atom is -0.497 e. The predicted molar refractivity (Wildman–Crippen MR) is 122 cm³/mol. The van der Waals surface area contributed by atoms with Crippen LogP contribution in [0, 0.1) is 0 Å². The highest BCUT2D eigenvalue weighted by Gasteiger charge is 2.25. The van der Waals surface area contributed by atoms with E-state index in [0.29, 0.717) is 18.5 Å². The SMILES string of the molecule is CCC(=O)N1CCc2cc(C(=O)NC(c3ccccc3)c3ccc(OC)cc3)ccc21.